The highest BCUT2D eigenvalue weighted by Crippen LogP contribution is 2.25. The van der Waals surface area contributed by atoms with E-state index in [1.807, 2.05) is 42.6 Å². The minimum absolute atomic E-state index is 0.211. The molecule has 3 aromatic rings. The number of hydrogen-bond donors (Lipinski definition) is 0. The molecule has 1 amide bonds. The summed E-state index contributed by atoms with van der Waals surface area (Å²) in [6.45, 7) is 2.31. The number of likely N-dealkylation sites (N-methyl/N-ethyl adjacent to an activating group) is 1. The maximum absolute atomic E-state index is 12.1. The first kappa shape index (κ1) is 16.7. The van der Waals surface area contributed by atoms with E-state index in [9.17, 15) is 9.59 Å². The number of rotatable bonds is 5. The molecule has 2 heterocycles. The van der Waals surface area contributed by atoms with E-state index in [2.05, 4.69) is 0 Å². The number of carbonyl (C=O) groups excluding carboxylic acids is 2. The number of esters is 1. The Morgan fingerprint density at radius 1 is 1.21 bits per heavy atom. The highest BCUT2D eigenvalue weighted by atomic mass is 32.1. The monoisotopic (exact) mass is 359 g/mol. The summed E-state index contributed by atoms with van der Waals surface area (Å²) in [5.74, 6) is -0.664. The van der Waals surface area contributed by atoms with Crippen LogP contribution in [0.15, 0.2) is 41.8 Å². The Morgan fingerprint density at radius 2 is 2.00 bits per heavy atom. The standard InChI is InChI=1S/C18H17NO3S2/c1-12-7-8-23-16(12)10-19(2)17(20)11-22-18(21)15-9-13-5-3-4-6-14(13)24-15/h3-9H,10-11H2,1-2H3. The van der Waals surface area contributed by atoms with Crippen molar-refractivity contribution in [1.29, 1.82) is 0 Å². The molecular formula is C18H17NO3S2. The van der Waals surface area contributed by atoms with Crippen LogP contribution in [0, 0.1) is 6.92 Å². The maximum atomic E-state index is 12.1. The van der Waals surface area contributed by atoms with E-state index >= 15 is 0 Å². The van der Waals surface area contributed by atoms with E-state index in [1.54, 1.807) is 29.4 Å². The van der Waals surface area contributed by atoms with Gasteiger partial charge in [-0.25, -0.2) is 4.79 Å². The topological polar surface area (TPSA) is 46.6 Å². The van der Waals surface area contributed by atoms with E-state index < -0.39 is 5.97 Å². The normalized spacial score (nSPS) is 10.8. The van der Waals surface area contributed by atoms with Gasteiger partial charge in [0.15, 0.2) is 6.61 Å². The van der Waals surface area contributed by atoms with Gasteiger partial charge in [-0.3, -0.25) is 4.79 Å². The lowest BCUT2D eigenvalue weighted by atomic mass is 10.2. The van der Waals surface area contributed by atoms with Gasteiger partial charge < -0.3 is 9.64 Å². The number of hydrogen-bond acceptors (Lipinski definition) is 5. The average Bonchev–Trinajstić information content (AvgIpc) is 3.18. The number of thiophene rings is 2. The van der Waals surface area contributed by atoms with Crippen LogP contribution in [0.4, 0.5) is 0 Å². The molecular weight excluding hydrogens is 342 g/mol. The largest absolute Gasteiger partial charge is 0.451 e. The van der Waals surface area contributed by atoms with Crippen molar-refractivity contribution in [3.8, 4) is 0 Å². The quantitative estimate of drug-likeness (QED) is 0.645. The maximum Gasteiger partial charge on any atom is 0.348 e. The predicted molar refractivity (Wildman–Crippen MR) is 97.6 cm³/mol. The van der Waals surface area contributed by atoms with Crippen LogP contribution in [0.25, 0.3) is 10.1 Å². The second-order valence-electron chi connectivity index (χ2n) is 5.50. The van der Waals surface area contributed by atoms with Gasteiger partial charge in [-0.05, 0) is 41.5 Å². The Morgan fingerprint density at radius 3 is 2.71 bits per heavy atom. The van der Waals surface area contributed by atoms with Gasteiger partial charge in [0.2, 0.25) is 0 Å². The smallest absolute Gasteiger partial charge is 0.348 e. The van der Waals surface area contributed by atoms with Crippen molar-refractivity contribution in [2.75, 3.05) is 13.7 Å². The van der Waals surface area contributed by atoms with Crippen molar-refractivity contribution in [3.05, 3.63) is 57.1 Å². The molecule has 4 nitrogen and oxygen atoms in total. The molecule has 2 aromatic heterocycles. The van der Waals surface area contributed by atoms with Gasteiger partial charge in [-0.2, -0.15) is 0 Å². The summed E-state index contributed by atoms with van der Waals surface area (Å²) >= 11 is 2.99. The van der Waals surface area contributed by atoms with Gasteiger partial charge in [0.05, 0.1) is 6.54 Å². The molecule has 0 aliphatic rings. The SMILES string of the molecule is Cc1ccsc1CN(C)C(=O)COC(=O)c1cc2ccccc2s1. The number of carbonyl (C=O) groups is 2. The molecule has 124 valence electrons. The molecule has 24 heavy (non-hydrogen) atoms. The molecule has 0 spiro atoms. The summed E-state index contributed by atoms with van der Waals surface area (Å²) in [6, 6.07) is 11.6. The van der Waals surface area contributed by atoms with Crippen molar-refractivity contribution in [2.24, 2.45) is 0 Å². The first-order chi connectivity index (χ1) is 11.5. The zero-order chi connectivity index (χ0) is 17.1. The van der Waals surface area contributed by atoms with E-state index in [4.69, 9.17) is 4.74 Å². The van der Waals surface area contributed by atoms with Crippen molar-refractivity contribution in [2.45, 2.75) is 13.5 Å². The lowest BCUT2D eigenvalue weighted by molar-refractivity contribution is -0.133. The molecule has 0 fully saturated rings. The predicted octanol–water partition coefficient (Wildman–Crippen LogP) is 4.09. The van der Waals surface area contributed by atoms with Crippen LogP contribution in [-0.2, 0) is 16.1 Å². The molecule has 6 heteroatoms. The highest BCUT2D eigenvalue weighted by molar-refractivity contribution is 7.20. The molecule has 0 aliphatic carbocycles. The van der Waals surface area contributed by atoms with Crippen molar-refractivity contribution < 1.29 is 14.3 Å². The Bertz CT molecular complexity index is 848. The Kier molecular flexibility index (Phi) is 4.97. The minimum Gasteiger partial charge on any atom is -0.451 e. The van der Waals surface area contributed by atoms with Crippen LogP contribution >= 0.6 is 22.7 Å². The van der Waals surface area contributed by atoms with Crippen LogP contribution in [-0.4, -0.2) is 30.4 Å². The fourth-order valence-electron chi connectivity index (χ4n) is 2.26. The van der Waals surface area contributed by atoms with Gasteiger partial charge in [0.1, 0.15) is 4.88 Å². The van der Waals surface area contributed by atoms with Gasteiger partial charge in [0.25, 0.3) is 5.91 Å². The number of benzene rings is 1. The van der Waals surface area contributed by atoms with Crippen LogP contribution in [0.1, 0.15) is 20.1 Å². The molecule has 0 aliphatic heterocycles. The number of ether oxygens (including phenoxy) is 1. The average molecular weight is 359 g/mol. The Hall–Kier alpha value is -2.18. The van der Waals surface area contributed by atoms with Crippen molar-refractivity contribution in [3.63, 3.8) is 0 Å². The van der Waals surface area contributed by atoms with Gasteiger partial charge in [-0.15, -0.1) is 22.7 Å². The van der Waals surface area contributed by atoms with Crippen LogP contribution in [0.3, 0.4) is 0 Å². The molecule has 0 unspecified atom stereocenters. The second kappa shape index (κ2) is 7.15. The third-order valence-electron chi connectivity index (χ3n) is 3.73. The van der Waals surface area contributed by atoms with Gasteiger partial charge in [0, 0.05) is 16.6 Å². The minimum atomic E-state index is -0.453. The molecule has 0 radical (unpaired) electrons. The molecule has 0 saturated carbocycles. The number of nitrogens with zero attached hydrogens (tertiary/aromatic N) is 1. The number of aryl methyl sites for hydroxylation is 1. The van der Waals surface area contributed by atoms with Crippen molar-refractivity contribution in [1.82, 2.24) is 4.90 Å². The first-order valence-electron chi connectivity index (χ1n) is 7.47. The molecule has 0 N–H and O–H groups in total. The fraction of sp³-hybridized carbons (Fsp3) is 0.222. The molecule has 1 aromatic carbocycles. The zero-order valence-corrected chi connectivity index (χ0v) is 15.1. The summed E-state index contributed by atoms with van der Waals surface area (Å²) in [5.41, 5.74) is 1.17. The van der Waals surface area contributed by atoms with E-state index in [0.717, 1.165) is 15.0 Å². The number of fused-ring (bicyclic) bond motifs is 1. The summed E-state index contributed by atoms with van der Waals surface area (Å²) in [6.07, 6.45) is 0. The van der Waals surface area contributed by atoms with E-state index in [-0.39, 0.29) is 12.5 Å². The first-order valence-corrected chi connectivity index (χ1v) is 9.17. The van der Waals surface area contributed by atoms with E-state index in [1.165, 1.54) is 16.9 Å². The highest BCUT2D eigenvalue weighted by Gasteiger charge is 2.16. The third-order valence-corrected chi connectivity index (χ3v) is 5.83. The van der Waals surface area contributed by atoms with Crippen molar-refractivity contribution >= 4 is 44.6 Å². The molecule has 3 rings (SSSR count). The third kappa shape index (κ3) is 3.66. The summed E-state index contributed by atoms with van der Waals surface area (Å²) in [4.78, 5) is 27.5. The molecule has 0 bridgehead atoms. The van der Waals surface area contributed by atoms with E-state index in [0.29, 0.717) is 11.4 Å². The van der Waals surface area contributed by atoms with Crippen LogP contribution in [0.5, 0.6) is 0 Å². The van der Waals surface area contributed by atoms with Gasteiger partial charge >= 0.3 is 5.97 Å². The summed E-state index contributed by atoms with van der Waals surface area (Å²) in [5, 5.41) is 3.01. The Balaban J connectivity index is 1.57. The van der Waals surface area contributed by atoms with Gasteiger partial charge in [-0.1, -0.05) is 18.2 Å². The number of amides is 1. The molecule has 0 atom stereocenters. The lowest BCUT2D eigenvalue weighted by Crippen LogP contribution is -2.30. The fourth-order valence-corrected chi connectivity index (χ4v) is 4.18. The van der Waals surface area contributed by atoms with Crippen LogP contribution in [0.2, 0.25) is 0 Å². The van der Waals surface area contributed by atoms with Crippen LogP contribution < -0.4 is 0 Å². The second-order valence-corrected chi connectivity index (χ2v) is 7.59. The summed E-state index contributed by atoms with van der Waals surface area (Å²) in [7, 11) is 1.72. The summed E-state index contributed by atoms with van der Waals surface area (Å²) < 4.78 is 6.20. The lowest BCUT2D eigenvalue weighted by Gasteiger charge is -2.16. The zero-order valence-electron chi connectivity index (χ0n) is 13.4. The Labute approximate surface area is 148 Å². The molecule has 0 saturated heterocycles.